The molecule has 24 heavy (non-hydrogen) atoms. The van der Waals surface area contributed by atoms with Crippen LogP contribution in [0.25, 0.3) is 0 Å². The molecule has 132 valence electrons. The highest BCUT2D eigenvalue weighted by Gasteiger charge is 2.31. The highest BCUT2D eigenvalue weighted by molar-refractivity contribution is 7.93. The molecular formula is C16H21ClN2O4S. The Morgan fingerprint density at radius 1 is 1.21 bits per heavy atom. The number of hydrogen-bond acceptors (Lipinski definition) is 4. The Bertz CT molecular complexity index is 757. The maximum Gasteiger partial charge on any atom is 0.253 e. The Balaban J connectivity index is 2.09. The minimum absolute atomic E-state index is 0.199. The van der Waals surface area contributed by atoms with Gasteiger partial charge in [-0.3, -0.25) is 9.59 Å². The van der Waals surface area contributed by atoms with Crippen LogP contribution in [0.2, 0.25) is 5.02 Å². The number of nitrogens with one attached hydrogen (secondary N) is 2. The molecule has 1 aliphatic rings. The smallest absolute Gasteiger partial charge is 0.253 e. The molecule has 1 aliphatic carbocycles. The Morgan fingerprint density at radius 2 is 1.83 bits per heavy atom. The van der Waals surface area contributed by atoms with E-state index in [1.807, 2.05) is 0 Å². The van der Waals surface area contributed by atoms with E-state index in [1.54, 1.807) is 0 Å². The highest BCUT2D eigenvalue weighted by atomic mass is 35.5. The second-order valence-corrected chi connectivity index (χ2v) is 9.45. The molecule has 1 aromatic rings. The predicted molar refractivity (Wildman–Crippen MR) is 94.1 cm³/mol. The molecule has 0 bridgehead atoms. The first-order chi connectivity index (χ1) is 11.1. The molecule has 0 saturated heterocycles. The largest absolute Gasteiger partial charge is 0.349 e. The van der Waals surface area contributed by atoms with Crippen LogP contribution < -0.4 is 10.6 Å². The summed E-state index contributed by atoms with van der Waals surface area (Å²) < 4.78 is 24.1. The lowest BCUT2D eigenvalue weighted by atomic mass is 10.2. The van der Waals surface area contributed by atoms with E-state index in [4.69, 9.17) is 11.6 Å². The summed E-state index contributed by atoms with van der Waals surface area (Å²) in [5.74, 6) is -0.883. The molecule has 1 atom stereocenters. The zero-order valence-electron chi connectivity index (χ0n) is 13.8. The Kier molecular flexibility index (Phi) is 5.55. The lowest BCUT2D eigenvalue weighted by Crippen LogP contribution is -2.36. The number of sulfone groups is 1. The number of hydrogen-bond donors (Lipinski definition) is 2. The van der Waals surface area contributed by atoms with E-state index < -0.39 is 26.2 Å². The van der Waals surface area contributed by atoms with E-state index >= 15 is 0 Å². The summed E-state index contributed by atoms with van der Waals surface area (Å²) in [7, 11) is -3.54. The van der Waals surface area contributed by atoms with Crippen LogP contribution in [0, 0.1) is 0 Å². The zero-order valence-corrected chi connectivity index (χ0v) is 15.4. The average molecular weight is 373 g/mol. The Hall–Kier alpha value is -1.60. The summed E-state index contributed by atoms with van der Waals surface area (Å²) in [5, 5.41) is 3.74. The van der Waals surface area contributed by atoms with E-state index in [0.29, 0.717) is 11.3 Å². The first kappa shape index (κ1) is 18.7. The average Bonchev–Trinajstić information content (AvgIpc) is 3.29. The molecule has 8 heteroatoms. The maximum absolute atomic E-state index is 12.1. The molecule has 2 amide bonds. The summed E-state index contributed by atoms with van der Waals surface area (Å²) in [6.45, 7) is 4.41. The van der Waals surface area contributed by atoms with E-state index in [9.17, 15) is 18.0 Å². The SMILES string of the molecule is CC(C)S(=O)(=O)C(C)C(=O)Nc1ccc(C(=O)NC2CC2)c(Cl)c1. The van der Waals surface area contributed by atoms with Gasteiger partial charge >= 0.3 is 0 Å². The minimum Gasteiger partial charge on any atom is -0.349 e. The van der Waals surface area contributed by atoms with Gasteiger partial charge in [0.1, 0.15) is 5.25 Å². The number of benzene rings is 1. The van der Waals surface area contributed by atoms with Gasteiger partial charge in [-0.1, -0.05) is 11.6 Å². The molecule has 6 nitrogen and oxygen atoms in total. The lowest BCUT2D eigenvalue weighted by Gasteiger charge is -2.16. The molecule has 0 spiro atoms. The zero-order chi connectivity index (χ0) is 18.1. The quantitative estimate of drug-likeness (QED) is 0.801. The van der Waals surface area contributed by atoms with Crippen molar-refractivity contribution in [3.63, 3.8) is 0 Å². The molecule has 0 radical (unpaired) electrons. The summed E-state index contributed by atoms with van der Waals surface area (Å²) in [5.41, 5.74) is 0.670. The van der Waals surface area contributed by atoms with Crippen LogP contribution >= 0.6 is 11.6 Å². The summed E-state index contributed by atoms with van der Waals surface area (Å²) in [6, 6.07) is 4.70. The number of amides is 2. The van der Waals surface area contributed by atoms with E-state index in [-0.39, 0.29) is 17.0 Å². The van der Waals surface area contributed by atoms with Crippen molar-refractivity contribution in [2.75, 3.05) is 5.32 Å². The van der Waals surface area contributed by atoms with E-state index in [1.165, 1.54) is 39.0 Å². The molecular weight excluding hydrogens is 352 g/mol. The number of carbonyl (C=O) groups is 2. The standard InChI is InChI=1S/C16H21ClN2O4S/c1-9(2)24(22,23)10(3)15(20)19-12-6-7-13(14(17)8-12)16(21)18-11-4-5-11/h6-11H,4-5H2,1-3H3,(H,18,21)(H,19,20). The fraction of sp³-hybridized carbons (Fsp3) is 0.500. The fourth-order valence-electron chi connectivity index (χ4n) is 2.07. The predicted octanol–water partition coefficient (Wildman–Crippen LogP) is 2.38. The Labute approximate surface area is 146 Å². The van der Waals surface area contributed by atoms with E-state index in [0.717, 1.165) is 12.8 Å². The van der Waals surface area contributed by atoms with Crippen LogP contribution in [-0.2, 0) is 14.6 Å². The van der Waals surface area contributed by atoms with Crippen molar-refractivity contribution in [1.29, 1.82) is 0 Å². The second-order valence-electron chi connectivity index (χ2n) is 6.21. The van der Waals surface area contributed by atoms with Gasteiger partial charge in [-0.2, -0.15) is 0 Å². The number of halogens is 1. The second kappa shape index (κ2) is 7.11. The topological polar surface area (TPSA) is 92.3 Å². The van der Waals surface area contributed by atoms with Gasteiger partial charge in [0.05, 0.1) is 15.8 Å². The molecule has 0 heterocycles. The molecule has 1 unspecified atom stereocenters. The van der Waals surface area contributed by atoms with Gasteiger partial charge in [0, 0.05) is 11.7 Å². The van der Waals surface area contributed by atoms with Crippen molar-refractivity contribution in [2.24, 2.45) is 0 Å². The van der Waals surface area contributed by atoms with E-state index in [2.05, 4.69) is 10.6 Å². The molecule has 1 fully saturated rings. The van der Waals surface area contributed by atoms with Crippen molar-refractivity contribution in [1.82, 2.24) is 5.32 Å². The number of carbonyl (C=O) groups excluding carboxylic acids is 2. The van der Waals surface area contributed by atoms with Crippen LogP contribution in [-0.4, -0.2) is 36.8 Å². The third-order valence-corrected chi connectivity index (χ3v) is 6.74. The minimum atomic E-state index is -3.54. The lowest BCUT2D eigenvalue weighted by molar-refractivity contribution is -0.115. The molecule has 2 N–H and O–H groups in total. The number of anilines is 1. The summed E-state index contributed by atoms with van der Waals surface area (Å²) >= 11 is 6.10. The van der Waals surface area contributed by atoms with Gasteiger partial charge in [0.15, 0.2) is 9.84 Å². The van der Waals surface area contributed by atoms with Gasteiger partial charge < -0.3 is 10.6 Å². The van der Waals surface area contributed by atoms with Crippen LogP contribution in [0.1, 0.15) is 44.0 Å². The van der Waals surface area contributed by atoms with Crippen molar-refractivity contribution < 1.29 is 18.0 Å². The van der Waals surface area contributed by atoms with Crippen molar-refractivity contribution in [3.8, 4) is 0 Å². The van der Waals surface area contributed by atoms with Gasteiger partial charge in [-0.15, -0.1) is 0 Å². The first-order valence-electron chi connectivity index (χ1n) is 7.77. The van der Waals surface area contributed by atoms with Crippen LogP contribution in [0.3, 0.4) is 0 Å². The molecule has 0 aliphatic heterocycles. The fourth-order valence-corrected chi connectivity index (χ4v) is 3.51. The first-order valence-corrected chi connectivity index (χ1v) is 9.75. The van der Waals surface area contributed by atoms with Gasteiger partial charge in [0.25, 0.3) is 5.91 Å². The van der Waals surface area contributed by atoms with Crippen molar-refractivity contribution >= 4 is 38.9 Å². The monoisotopic (exact) mass is 372 g/mol. The van der Waals surface area contributed by atoms with Crippen molar-refractivity contribution in [2.45, 2.75) is 50.2 Å². The molecule has 2 rings (SSSR count). The maximum atomic E-state index is 12.1. The van der Waals surface area contributed by atoms with Gasteiger partial charge in [0.2, 0.25) is 5.91 Å². The highest BCUT2D eigenvalue weighted by Crippen LogP contribution is 2.24. The van der Waals surface area contributed by atoms with Gasteiger partial charge in [-0.05, 0) is 51.8 Å². The Morgan fingerprint density at radius 3 is 2.33 bits per heavy atom. The van der Waals surface area contributed by atoms with Crippen LogP contribution in [0.15, 0.2) is 18.2 Å². The summed E-state index contributed by atoms with van der Waals surface area (Å²) in [4.78, 5) is 24.1. The normalized spacial score (nSPS) is 15.9. The molecule has 1 saturated carbocycles. The van der Waals surface area contributed by atoms with Gasteiger partial charge in [-0.25, -0.2) is 8.42 Å². The van der Waals surface area contributed by atoms with Crippen LogP contribution in [0.5, 0.6) is 0 Å². The van der Waals surface area contributed by atoms with Crippen LogP contribution in [0.4, 0.5) is 5.69 Å². The third-order valence-electron chi connectivity index (χ3n) is 3.91. The third kappa shape index (κ3) is 4.27. The molecule has 1 aromatic carbocycles. The van der Waals surface area contributed by atoms with Crippen molar-refractivity contribution in [3.05, 3.63) is 28.8 Å². The number of rotatable bonds is 6. The molecule has 0 aromatic heterocycles. The summed E-state index contributed by atoms with van der Waals surface area (Å²) in [6.07, 6.45) is 1.94.